The van der Waals surface area contributed by atoms with Crippen LogP contribution in [0.25, 0.3) is 0 Å². The summed E-state index contributed by atoms with van der Waals surface area (Å²) in [6, 6.07) is 0. The Labute approximate surface area is 91.3 Å². The molecule has 0 bridgehead atoms. The van der Waals surface area contributed by atoms with Gasteiger partial charge in [0.1, 0.15) is 5.54 Å². The van der Waals surface area contributed by atoms with Crippen LogP contribution >= 0.6 is 0 Å². The summed E-state index contributed by atoms with van der Waals surface area (Å²) in [5.41, 5.74) is -0.583. The first kappa shape index (κ1) is 12.5. The van der Waals surface area contributed by atoms with Crippen molar-refractivity contribution in [2.75, 3.05) is 20.3 Å². The van der Waals surface area contributed by atoms with Crippen molar-refractivity contribution in [2.45, 2.75) is 44.8 Å². The first-order valence-corrected chi connectivity index (χ1v) is 5.57. The fourth-order valence-corrected chi connectivity index (χ4v) is 1.71. The maximum absolute atomic E-state index is 11.5. The predicted octanol–water partition coefficient (Wildman–Crippen LogP) is 1.10. The molecule has 1 saturated heterocycles. The van der Waals surface area contributed by atoms with Crippen LogP contribution in [-0.4, -0.2) is 37.9 Å². The number of carbonyl (C=O) groups is 1. The van der Waals surface area contributed by atoms with Gasteiger partial charge in [0.15, 0.2) is 0 Å². The average molecular weight is 215 g/mol. The van der Waals surface area contributed by atoms with Gasteiger partial charge in [-0.05, 0) is 26.2 Å². The van der Waals surface area contributed by atoms with Crippen LogP contribution in [-0.2, 0) is 14.3 Å². The second-order valence-electron chi connectivity index (χ2n) is 4.19. The number of carbonyl (C=O) groups excluding carboxylic acids is 1. The van der Waals surface area contributed by atoms with E-state index in [0.29, 0.717) is 6.42 Å². The maximum Gasteiger partial charge on any atom is 0.325 e. The van der Waals surface area contributed by atoms with E-state index < -0.39 is 5.54 Å². The lowest BCUT2D eigenvalue weighted by Crippen LogP contribution is -2.51. The summed E-state index contributed by atoms with van der Waals surface area (Å²) in [6.07, 6.45) is 3.16. The molecule has 0 radical (unpaired) electrons. The van der Waals surface area contributed by atoms with Crippen molar-refractivity contribution in [3.63, 3.8) is 0 Å². The standard InChI is InChI=1S/C11H21NO3/c1-4-11(2,10(13)14-3)12-8-9-6-5-7-15-9/h9,12H,4-8H2,1-3H3/t9-,11+/m1/s1. The van der Waals surface area contributed by atoms with E-state index >= 15 is 0 Å². The minimum absolute atomic E-state index is 0.206. The van der Waals surface area contributed by atoms with Crippen LogP contribution in [0.5, 0.6) is 0 Å². The quantitative estimate of drug-likeness (QED) is 0.698. The molecule has 88 valence electrons. The molecule has 0 aromatic rings. The van der Waals surface area contributed by atoms with Crippen molar-refractivity contribution >= 4 is 5.97 Å². The van der Waals surface area contributed by atoms with Crippen LogP contribution in [0.15, 0.2) is 0 Å². The van der Waals surface area contributed by atoms with Gasteiger partial charge in [0.05, 0.1) is 13.2 Å². The summed E-state index contributed by atoms with van der Waals surface area (Å²) in [4.78, 5) is 11.5. The number of hydrogen-bond acceptors (Lipinski definition) is 4. The molecule has 0 unspecified atom stereocenters. The highest BCUT2D eigenvalue weighted by molar-refractivity contribution is 5.80. The Morgan fingerprint density at radius 3 is 2.87 bits per heavy atom. The van der Waals surface area contributed by atoms with Gasteiger partial charge in [-0.3, -0.25) is 10.1 Å². The van der Waals surface area contributed by atoms with E-state index in [-0.39, 0.29) is 12.1 Å². The zero-order valence-electron chi connectivity index (χ0n) is 9.84. The van der Waals surface area contributed by atoms with Crippen LogP contribution in [0.1, 0.15) is 33.1 Å². The first-order chi connectivity index (χ1) is 7.12. The Hall–Kier alpha value is -0.610. The van der Waals surface area contributed by atoms with Gasteiger partial charge in [0, 0.05) is 13.2 Å². The largest absolute Gasteiger partial charge is 0.468 e. The fourth-order valence-electron chi connectivity index (χ4n) is 1.71. The van der Waals surface area contributed by atoms with Gasteiger partial charge >= 0.3 is 5.97 Å². The number of nitrogens with one attached hydrogen (secondary N) is 1. The Morgan fingerprint density at radius 1 is 1.67 bits per heavy atom. The van der Waals surface area contributed by atoms with Crippen LogP contribution < -0.4 is 5.32 Å². The highest BCUT2D eigenvalue weighted by Gasteiger charge is 2.32. The zero-order valence-corrected chi connectivity index (χ0v) is 9.84. The van der Waals surface area contributed by atoms with Gasteiger partial charge in [0.25, 0.3) is 0 Å². The molecule has 1 aliphatic rings. The molecule has 0 aromatic carbocycles. The third-order valence-electron chi connectivity index (χ3n) is 3.09. The Bertz CT molecular complexity index is 214. The molecule has 1 aliphatic heterocycles. The van der Waals surface area contributed by atoms with Crippen molar-refractivity contribution < 1.29 is 14.3 Å². The summed E-state index contributed by atoms with van der Waals surface area (Å²) in [6.45, 7) is 5.40. The number of esters is 1. The molecular formula is C11H21NO3. The monoisotopic (exact) mass is 215 g/mol. The lowest BCUT2D eigenvalue weighted by molar-refractivity contribution is -0.148. The summed E-state index contributed by atoms with van der Waals surface area (Å²) < 4.78 is 10.3. The van der Waals surface area contributed by atoms with E-state index in [1.54, 1.807) is 0 Å². The van der Waals surface area contributed by atoms with Crippen molar-refractivity contribution in [1.82, 2.24) is 5.32 Å². The molecule has 0 aliphatic carbocycles. The molecule has 0 saturated carbocycles. The molecule has 4 heteroatoms. The van der Waals surface area contributed by atoms with E-state index in [0.717, 1.165) is 26.0 Å². The van der Waals surface area contributed by atoms with Gasteiger partial charge in [0.2, 0.25) is 0 Å². The second kappa shape index (κ2) is 5.47. The summed E-state index contributed by atoms with van der Waals surface area (Å²) in [7, 11) is 1.42. The first-order valence-electron chi connectivity index (χ1n) is 5.57. The normalized spacial score (nSPS) is 24.9. The van der Waals surface area contributed by atoms with E-state index in [4.69, 9.17) is 9.47 Å². The van der Waals surface area contributed by atoms with Crippen molar-refractivity contribution in [2.24, 2.45) is 0 Å². The highest BCUT2D eigenvalue weighted by Crippen LogP contribution is 2.15. The van der Waals surface area contributed by atoms with Crippen molar-refractivity contribution in [3.8, 4) is 0 Å². The molecule has 0 amide bonds. The van der Waals surface area contributed by atoms with E-state index in [1.165, 1.54) is 7.11 Å². The van der Waals surface area contributed by atoms with E-state index in [9.17, 15) is 4.79 Å². The molecule has 1 fully saturated rings. The molecule has 0 aromatic heterocycles. The lowest BCUT2D eigenvalue weighted by Gasteiger charge is -2.27. The zero-order chi connectivity index (χ0) is 11.3. The summed E-state index contributed by atoms with van der Waals surface area (Å²) in [5.74, 6) is -0.206. The van der Waals surface area contributed by atoms with Gasteiger partial charge in [-0.2, -0.15) is 0 Å². The Kier molecular flexibility index (Phi) is 4.54. The molecule has 1 rings (SSSR count). The third-order valence-corrected chi connectivity index (χ3v) is 3.09. The molecule has 1 heterocycles. The SMILES string of the molecule is CC[C@](C)(NC[C@H]1CCCO1)C(=O)OC. The number of rotatable bonds is 5. The van der Waals surface area contributed by atoms with Crippen LogP contribution in [0, 0.1) is 0 Å². The van der Waals surface area contributed by atoms with Crippen LogP contribution in [0.3, 0.4) is 0 Å². The van der Waals surface area contributed by atoms with Gasteiger partial charge < -0.3 is 9.47 Å². The summed E-state index contributed by atoms with van der Waals surface area (Å²) in [5, 5.41) is 3.24. The second-order valence-corrected chi connectivity index (χ2v) is 4.19. The Balaban J connectivity index is 2.41. The Morgan fingerprint density at radius 2 is 2.40 bits per heavy atom. The van der Waals surface area contributed by atoms with Crippen LogP contribution in [0.2, 0.25) is 0 Å². The third kappa shape index (κ3) is 3.18. The average Bonchev–Trinajstić information content (AvgIpc) is 2.77. The smallest absolute Gasteiger partial charge is 0.325 e. The molecule has 4 nitrogen and oxygen atoms in total. The fraction of sp³-hybridized carbons (Fsp3) is 0.909. The maximum atomic E-state index is 11.5. The topological polar surface area (TPSA) is 47.6 Å². The molecule has 0 spiro atoms. The molecule has 2 atom stereocenters. The van der Waals surface area contributed by atoms with Crippen LogP contribution in [0.4, 0.5) is 0 Å². The number of ether oxygens (including phenoxy) is 2. The molecular weight excluding hydrogens is 194 g/mol. The highest BCUT2D eigenvalue weighted by atomic mass is 16.5. The molecule has 15 heavy (non-hydrogen) atoms. The predicted molar refractivity (Wildman–Crippen MR) is 57.7 cm³/mol. The number of hydrogen-bond donors (Lipinski definition) is 1. The number of methoxy groups -OCH3 is 1. The molecule has 1 N–H and O–H groups in total. The lowest BCUT2D eigenvalue weighted by atomic mass is 9.99. The van der Waals surface area contributed by atoms with E-state index in [2.05, 4.69) is 5.32 Å². The van der Waals surface area contributed by atoms with E-state index in [1.807, 2.05) is 13.8 Å². The van der Waals surface area contributed by atoms with Crippen molar-refractivity contribution in [3.05, 3.63) is 0 Å². The van der Waals surface area contributed by atoms with Gasteiger partial charge in [-0.25, -0.2) is 0 Å². The van der Waals surface area contributed by atoms with Gasteiger partial charge in [-0.15, -0.1) is 0 Å². The van der Waals surface area contributed by atoms with Gasteiger partial charge in [-0.1, -0.05) is 6.92 Å². The minimum atomic E-state index is -0.583. The van der Waals surface area contributed by atoms with Crippen molar-refractivity contribution in [1.29, 1.82) is 0 Å². The minimum Gasteiger partial charge on any atom is -0.468 e. The summed E-state index contributed by atoms with van der Waals surface area (Å²) >= 11 is 0.